The van der Waals surface area contributed by atoms with Crippen molar-refractivity contribution in [2.24, 2.45) is 0 Å². The number of amides is 1. The van der Waals surface area contributed by atoms with Crippen LogP contribution in [0, 0.1) is 6.92 Å². The first-order chi connectivity index (χ1) is 11.4. The van der Waals surface area contributed by atoms with E-state index in [1.165, 1.54) is 0 Å². The van der Waals surface area contributed by atoms with Crippen molar-refractivity contribution in [3.05, 3.63) is 65.2 Å². The van der Waals surface area contributed by atoms with Gasteiger partial charge in [0, 0.05) is 5.69 Å². The second-order valence-corrected chi connectivity index (χ2v) is 6.59. The number of anilines is 1. The molecule has 1 amide bonds. The van der Waals surface area contributed by atoms with Crippen LogP contribution in [0.3, 0.4) is 0 Å². The zero-order chi connectivity index (χ0) is 17.3. The maximum atomic E-state index is 12.8. The number of hydrogen-bond acceptors (Lipinski definition) is 2. The summed E-state index contributed by atoms with van der Waals surface area (Å²) in [5.74, 6) is -1.50. The van der Waals surface area contributed by atoms with E-state index in [1.807, 2.05) is 25.1 Å². The third kappa shape index (κ3) is 3.04. The minimum atomic E-state index is -0.878. The van der Waals surface area contributed by atoms with E-state index in [4.69, 9.17) is 5.11 Å². The Hall–Kier alpha value is -2.62. The van der Waals surface area contributed by atoms with Gasteiger partial charge in [0.1, 0.15) is 0 Å². The standard InChI is InChI=1S/C20H21NO3/c1-13-5-3-7-16(11-13)20(9-10-20)19(24)21-17-8-4-6-15(12-17)14(2)18(22)23/h3-8,11-12,14H,9-10H2,1-2H3,(H,21,24)(H,22,23). The van der Waals surface area contributed by atoms with Crippen LogP contribution in [0.2, 0.25) is 0 Å². The summed E-state index contributed by atoms with van der Waals surface area (Å²) in [6.45, 7) is 3.66. The molecular formula is C20H21NO3. The highest BCUT2D eigenvalue weighted by Crippen LogP contribution is 2.49. The van der Waals surface area contributed by atoms with E-state index in [0.29, 0.717) is 11.3 Å². The summed E-state index contributed by atoms with van der Waals surface area (Å²) >= 11 is 0. The van der Waals surface area contributed by atoms with E-state index in [-0.39, 0.29) is 5.91 Å². The van der Waals surface area contributed by atoms with Gasteiger partial charge in [-0.05, 0) is 49.9 Å². The van der Waals surface area contributed by atoms with Crippen LogP contribution in [0.1, 0.15) is 42.4 Å². The first-order valence-corrected chi connectivity index (χ1v) is 8.14. The molecule has 1 unspecified atom stereocenters. The van der Waals surface area contributed by atoms with Crippen LogP contribution in [0.15, 0.2) is 48.5 Å². The Bertz CT molecular complexity index is 793. The molecule has 24 heavy (non-hydrogen) atoms. The number of aryl methyl sites for hydroxylation is 1. The van der Waals surface area contributed by atoms with Crippen LogP contribution in [0.5, 0.6) is 0 Å². The number of rotatable bonds is 5. The Morgan fingerprint density at radius 1 is 1.12 bits per heavy atom. The Labute approximate surface area is 141 Å². The summed E-state index contributed by atoms with van der Waals surface area (Å²) in [6, 6.07) is 15.1. The Kier molecular flexibility index (Phi) is 4.14. The fraction of sp³-hybridized carbons (Fsp3) is 0.300. The van der Waals surface area contributed by atoms with E-state index in [2.05, 4.69) is 11.4 Å². The molecule has 0 heterocycles. The topological polar surface area (TPSA) is 66.4 Å². The Morgan fingerprint density at radius 3 is 2.46 bits per heavy atom. The number of benzene rings is 2. The van der Waals surface area contributed by atoms with Crippen LogP contribution in [-0.4, -0.2) is 17.0 Å². The lowest BCUT2D eigenvalue weighted by Gasteiger charge is -2.17. The van der Waals surface area contributed by atoms with E-state index in [9.17, 15) is 9.59 Å². The summed E-state index contributed by atoms with van der Waals surface area (Å²) in [6.07, 6.45) is 1.68. The van der Waals surface area contributed by atoms with Crippen molar-refractivity contribution in [2.45, 2.75) is 38.0 Å². The normalized spacial score (nSPS) is 16.2. The lowest BCUT2D eigenvalue weighted by molar-refractivity contribution is -0.138. The quantitative estimate of drug-likeness (QED) is 0.878. The predicted octanol–water partition coefficient (Wildman–Crippen LogP) is 3.85. The van der Waals surface area contributed by atoms with Crippen LogP contribution in [-0.2, 0) is 15.0 Å². The van der Waals surface area contributed by atoms with Gasteiger partial charge >= 0.3 is 5.97 Å². The highest BCUT2D eigenvalue weighted by atomic mass is 16.4. The number of carboxylic acid groups (broad SMARTS) is 1. The van der Waals surface area contributed by atoms with Crippen LogP contribution < -0.4 is 5.32 Å². The van der Waals surface area contributed by atoms with Gasteiger partial charge in [-0.2, -0.15) is 0 Å². The van der Waals surface area contributed by atoms with E-state index >= 15 is 0 Å². The minimum absolute atomic E-state index is 0.0202. The molecule has 0 bridgehead atoms. The molecule has 0 spiro atoms. The smallest absolute Gasteiger partial charge is 0.310 e. The molecule has 0 radical (unpaired) electrons. The number of carboxylic acids is 1. The fourth-order valence-electron chi connectivity index (χ4n) is 2.99. The van der Waals surface area contributed by atoms with Gasteiger partial charge in [-0.15, -0.1) is 0 Å². The first kappa shape index (κ1) is 16.2. The van der Waals surface area contributed by atoms with Gasteiger partial charge in [-0.25, -0.2) is 0 Å². The highest BCUT2D eigenvalue weighted by Gasteiger charge is 2.51. The lowest BCUT2D eigenvalue weighted by Crippen LogP contribution is -2.28. The third-order valence-electron chi connectivity index (χ3n) is 4.77. The minimum Gasteiger partial charge on any atom is -0.481 e. The molecule has 4 heteroatoms. The number of nitrogens with one attached hydrogen (secondary N) is 1. The Balaban J connectivity index is 1.80. The second kappa shape index (κ2) is 6.11. The SMILES string of the molecule is Cc1cccc(C2(C(=O)Nc3cccc(C(C)C(=O)O)c3)CC2)c1. The zero-order valence-corrected chi connectivity index (χ0v) is 13.9. The predicted molar refractivity (Wildman–Crippen MR) is 93.2 cm³/mol. The third-order valence-corrected chi connectivity index (χ3v) is 4.77. The van der Waals surface area contributed by atoms with Crippen molar-refractivity contribution in [1.29, 1.82) is 0 Å². The van der Waals surface area contributed by atoms with Gasteiger partial charge in [-0.3, -0.25) is 9.59 Å². The van der Waals surface area contributed by atoms with Gasteiger partial charge < -0.3 is 10.4 Å². The molecule has 0 aromatic heterocycles. The Morgan fingerprint density at radius 2 is 1.83 bits per heavy atom. The average Bonchev–Trinajstić information content (AvgIpc) is 3.36. The maximum absolute atomic E-state index is 12.8. The van der Waals surface area contributed by atoms with Gasteiger partial charge in [-0.1, -0.05) is 42.0 Å². The van der Waals surface area contributed by atoms with Crippen molar-refractivity contribution in [1.82, 2.24) is 0 Å². The molecule has 1 fully saturated rings. The molecule has 1 aliphatic rings. The van der Waals surface area contributed by atoms with Crippen molar-refractivity contribution < 1.29 is 14.7 Å². The molecule has 1 saturated carbocycles. The average molecular weight is 323 g/mol. The molecule has 0 aliphatic heterocycles. The lowest BCUT2D eigenvalue weighted by atomic mass is 9.93. The van der Waals surface area contributed by atoms with Crippen LogP contribution >= 0.6 is 0 Å². The summed E-state index contributed by atoms with van der Waals surface area (Å²) in [7, 11) is 0. The van der Waals surface area contributed by atoms with Crippen LogP contribution in [0.4, 0.5) is 5.69 Å². The number of carbonyl (C=O) groups excluding carboxylic acids is 1. The molecule has 1 atom stereocenters. The monoisotopic (exact) mass is 323 g/mol. The van der Waals surface area contributed by atoms with Crippen molar-refractivity contribution in [3.8, 4) is 0 Å². The highest BCUT2D eigenvalue weighted by molar-refractivity contribution is 6.01. The molecule has 2 aromatic carbocycles. The first-order valence-electron chi connectivity index (χ1n) is 8.14. The molecule has 0 saturated heterocycles. The molecular weight excluding hydrogens is 302 g/mol. The van der Waals surface area contributed by atoms with Crippen molar-refractivity contribution in [2.75, 3.05) is 5.32 Å². The van der Waals surface area contributed by atoms with Gasteiger partial charge in [0.2, 0.25) is 5.91 Å². The second-order valence-electron chi connectivity index (χ2n) is 6.59. The van der Waals surface area contributed by atoms with Gasteiger partial charge in [0.05, 0.1) is 11.3 Å². The largest absolute Gasteiger partial charge is 0.481 e. The maximum Gasteiger partial charge on any atom is 0.310 e. The number of carbonyl (C=O) groups is 2. The molecule has 124 valence electrons. The molecule has 2 N–H and O–H groups in total. The zero-order valence-electron chi connectivity index (χ0n) is 13.9. The summed E-state index contributed by atoms with van der Waals surface area (Å²) in [4.78, 5) is 23.9. The van der Waals surface area contributed by atoms with Crippen molar-refractivity contribution in [3.63, 3.8) is 0 Å². The molecule has 2 aromatic rings. The summed E-state index contributed by atoms with van der Waals surface area (Å²) < 4.78 is 0. The van der Waals surface area contributed by atoms with E-state index in [1.54, 1.807) is 31.2 Å². The van der Waals surface area contributed by atoms with Gasteiger partial charge in [0.25, 0.3) is 0 Å². The number of aliphatic carboxylic acids is 1. The van der Waals surface area contributed by atoms with Crippen molar-refractivity contribution >= 4 is 17.6 Å². The molecule has 1 aliphatic carbocycles. The fourth-order valence-corrected chi connectivity index (χ4v) is 2.99. The molecule has 3 rings (SSSR count). The van der Waals surface area contributed by atoms with Crippen LogP contribution in [0.25, 0.3) is 0 Å². The van der Waals surface area contributed by atoms with E-state index in [0.717, 1.165) is 24.0 Å². The summed E-state index contributed by atoms with van der Waals surface area (Å²) in [5.41, 5.74) is 3.07. The van der Waals surface area contributed by atoms with E-state index < -0.39 is 17.3 Å². The van der Waals surface area contributed by atoms with Gasteiger partial charge in [0.15, 0.2) is 0 Å². The number of hydrogen-bond donors (Lipinski definition) is 2. The summed E-state index contributed by atoms with van der Waals surface area (Å²) in [5, 5.41) is 12.1. The molecule has 4 nitrogen and oxygen atoms in total.